The van der Waals surface area contributed by atoms with Gasteiger partial charge in [-0.25, -0.2) is 4.39 Å². The molecule has 4 atom stereocenters. The number of Topliss-reactive ketones (excluding diaryl/α,β-unsaturated/α-hetero) is 1. The number of rotatable bonds is 3. The van der Waals surface area contributed by atoms with E-state index >= 15 is 4.39 Å². The summed E-state index contributed by atoms with van der Waals surface area (Å²) in [6.45, 7) is 1.86. The molecule has 2 saturated carbocycles. The highest BCUT2D eigenvalue weighted by Gasteiger charge is 2.74. The van der Waals surface area contributed by atoms with Gasteiger partial charge in [0.15, 0.2) is 23.4 Å². The zero-order valence-electron chi connectivity index (χ0n) is 15.1. The lowest BCUT2D eigenvalue weighted by atomic mass is 9.50. The number of alkyl halides is 1. The lowest BCUT2D eigenvalue weighted by Crippen LogP contribution is -2.74. The van der Waals surface area contributed by atoms with E-state index in [4.69, 9.17) is 9.47 Å². The number of halogens is 1. The van der Waals surface area contributed by atoms with E-state index in [0.29, 0.717) is 30.8 Å². The van der Waals surface area contributed by atoms with Gasteiger partial charge in [-0.2, -0.15) is 0 Å². The third kappa shape index (κ3) is 1.62. The van der Waals surface area contributed by atoms with E-state index in [1.54, 1.807) is 7.11 Å². The summed E-state index contributed by atoms with van der Waals surface area (Å²) >= 11 is 0. The highest BCUT2D eigenvalue weighted by atomic mass is 19.1. The van der Waals surface area contributed by atoms with Crippen molar-refractivity contribution in [3.63, 3.8) is 0 Å². The van der Waals surface area contributed by atoms with Crippen molar-refractivity contribution in [1.29, 1.82) is 0 Å². The third-order valence-electron chi connectivity index (χ3n) is 7.69. The van der Waals surface area contributed by atoms with Crippen LogP contribution in [0.2, 0.25) is 0 Å². The highest BCUT2D eigenvalue weighted by molar-refractivity contribution is 5.90. The van der Waals surface area contributed by atoms with E-state index in [2.05, 4.69) is 11.0 Å². The van der Waals surface area contributed by atoms with Crippen LogP contribution in [0.1, 0.15) is 43.2 Å². The molecule has 6 rings (SSSR count). The van der Waals surface area contributed by atoms with Gasteiger partial charge in [0.25, 0.3) is 0 Å². The van der Waals surface area contributed by atoms with Crippen LogP contribution in [0, 0.1) is 5.92 Å². The average molecular weight is 357 g/mol. The Labute approximate surface area is 152 Å². The van der Waals surface area contributed by atoms with Crippen molar-refractivity contribution < 1.29 is 18.7 Å². The second-order valence-electron chi connectivity index (χ2n) is 8.84. The minimum Gasteiger partial charge on any atom is -0.493 e. The molecular weight excluding hydrogens is 333 g/mol. The van der Waals surface area contributed by atoms with Crippen LogP contribution in [0.15, 0.2) is 12.1 Å². The number of carbonyl (C=O) groups is 1. The number of carbonyl (C=O) groups excluding carboxylic acids is 1. The molecule has 138 valence electrons. The van der Waals surface area contributed by atoms with Gasteiger partial charge in [0, 0.05) is 24.6 Å². The maximum absolute atomic E-state index is 16.9. The number of hydrogen-bond acceptors (Lipinski definition) is 4. The first-order valence-corrected chi connectivity index (χ1v) is 9.91. The molecule has 26 heavy (non-hydrogen) atoms. The molecule has 0 aromatic heterocycles. The number of ether oxygens (including phenoxy) is 2. The molecule has 3 fully saturated rings. The van der Waals surface area contributed by atoms with E-state index in [0.717, 1.165) is 30.1 Å². The molecular formula is C21H24FNO3. The quantitative estimate of drug-likeness (QED) is 0.834. The number of piperidine rings is 1. The van der Waals surface area contributed by atoms with Gasteiger partial charge in [0.2, 0.25) is 0 Å². The fourth-order valence-corrected chi connectivity index (χ4v) is 6.36. The van der Waals surface area contributed by atoms with Crippen LogP contribution in [0.25, 0.3) is 0 Å². The van der Waals surface area contributed by atoms with Crippen LogP contribution in [0.4, 0.5) is 4.39 Å². The van der Waals surface area contributed by atoms with Crippen molar-refractivity contribution in [2.24, 2.45) is 5.92 Å². The van der Waals surface area contributed by atoms with Gasteiger partial charge in [-0.05, 0) is 56.2 Å². The fourth-order valence-electron chi connectivity index (χ4n) is 6.36. The molecule has 2 heterocycles. The van der Waals surface area contributed by atoms with Gasteiger partial charge in [0.05, 0.1) is 12.5 Å². The molecule has 4 nitrogen and oxygen atoms in total. The van der Waals surface area contributed by atoms with Crippen molar-refractivity contribution in [3.8, 4) is 11.5 Å². The zero-order valence-corrected chi connectivity index (χ0v) is 15.1. The van der Waals surface area contributed by atoms with E-state index in [-0.39, 0.29) is 18.2 Å². The molecule has 2 unspecified atom stereocenters. The smallest absolute Gasteiger partial charge is 0.174 e. The lowest BCUT2D eigenvalue weighted by Gasteiger charge is -2.61. The van der Waals surface area contributed by atoms with Gasteiger partial charge in [-0.3, -0.25) is 9.69 Å². The van der Waals surface area contributed by atoms with Crippen LogP contribution in [0.3, 0.4) is 0 Å². The van der Waals surface area contributed by atoms with Gasteiger partial charge in [-0.15, -0.1) is 0 Å². The van der Waals surface area contributed by atoms with Crippen LogP contribution in [-0.2, 0) is 16.6 Å². The SMILES string of the molecule is COc1ccc2c3c1OC1C(=O)CCC4(F)[C@@H](C2)N(CC2CC2)CC[C@]314. The Morgan fingerprint density at radius 3 is 2.96 bits per heavy atom. The highest BCUT2D eigenvalue weighted by Crippen LogP contribution is 2.66. The zero-order chi connectivity index (χ0) is 17.7. The standard InChI is InChI=1S/C21H24FNO3/c1-25-15-5-4-13-10-16-21(22)7-6-14(24)19-20(21,17(13)18(15)26-19)8-9-23(16)11-12-2-3-12/h4-5,12,16,19H,2-3,6-11H2,1H3/t16-,19?,20+,21?/m1/s1. The maximum Gasteiger partial charge on any atom is 0.174 e. The number of hydrogen-bond donors (Lipinski definition) is 0. The topological polar surface area (TPSA) is 38.8 Å². The average Bonchev–Trinajstić information content (AvgIpc) is 3.37. The van der Waals surface area contributed by atoms with Crippen LogP contribution >= 0.6 is 0 Å². The first-order chi connectivity index (χ1) is 12.6. The van der Waals surface area contributed by atoms with Crippen molar-refractivity contribution >= 4 is 5.78 Å². The van der Waals surface area contributed by atoms with E-state index < -0.39 is 17.2 Å². The second kappa shape index (κ2) is 4.80. The summed E-state index contributed by atoms with van der Waals surface area (Å²) in [7, 11) is 1.61. The number of benzene rings is 1. The molecule has 5 heteroatoms. The lowest BCUT2D eigenvalue weighted by molar-refractivity contribution is -0.161. The Morgan fingerprint density at radius 1 is 1.35 bits per heavy atom. The van der Waals surface area contributed by atoms with Gasteiger partial charge in [0.1, 0.15) is 5.67 Å². The molecule has 1 spiro atoms. The molecule has 2 bridgehead atoms. The van der Waals surface area contributed by atoms with Crippen molar-refractivity contribution in [3.05, 3.63) is 23.3 Å². The monoisotopic (exact) mass is 357 g/mol. The van der Waals surface area contributed by atoms with Crippen LogP contribution in [0.5, 0.6) is 11.5 Å². The Kier molecular flexibility index (Phi) is 2.85. The summed E-state index contributed by atoms with van der Waals surface area (Å²) in [5, 5.41) is 0. The van der Waals surface area contributed by atoms with Crippen molar-refractivity contribution in [1.82, 2.24) is 4.90 Å². The number of methoxy groups -OCH3 is 1. The summed E-state index contributed by atoms with van der Waals surface area (Å²) in [5.41, 5.74) is -0.107. The Balaban J connectivity index is 1.57. The molecule has 2 aliphatic heterocycles. The van der Waals surface area contributed by atoms with E-state index in [9.17, 15) is 4.79 Å². The Bertz CT molecular complexity index is 822. The van der Waals surface area contributed by atoms with E-state index in [1.165, 1.54) is 12.8 Å². The molecule has 0 N–H and O–H groups in total. The summed E-state index contributed by atoms with van der Waals surface area (Å²) in [6, 6.07) is 3.85. The summed E-state index contributed by atoms with van der Waals surface area (Å²) in [5.74, 6) is 2.04. The number of likely N-dealkylation sites (tertiary alicyclic amines) is 1. The normalized spacial score (nSPS) is 40.2. The number of nitrogens with zero attached hydrogens (tertiary/aromatic N) is 1. The van der Waals surface area contributed by atoms with Crippen molar-refractivity contribution in [2.75, 3.05) is 20.2 Å². The largest absolute Gasteiger partial charge is 0.493 e. The van der Waals surface area contributed by atoms with Crippen LogP contribution in [-0.4, -0.2) is 48.7 Å². The molecule has 0 radical (unpaired) electrons. The predicted octanol–water partition coefficient (Wildman–Crippen LogP) is 2.81. The van der Waals surface area contributed by atoms with Gasteiger partial charge in [-0.1, -0.05) is 6.07 Å². The van der Waals surface area contributed by atoms with Gasteiger partial charge >= 0.3 is 0 Å². The maximum atomic E-state index is 16.9. The Morgan fingerprint density at radius 2 is 2.19 bits per heavy atom. The summed E-state index contributed by atoms with van der Waals surface area (Å²) in [6.07, 6.45) is 3.84. The third-order valence-corrected chi connectivity index (χ3v) is 7.69. The van der Waals surface area contributed by atoms with E-state index in [1.807, 2.05) is 6.07 Å². The molecule has 1 aromatic carbocycles. The van der Waals surface area contributed by atoms with Gasteiger partial charge < -0.3 is 9.47 Å². The molecule has 3 aliphatic carbocycles. The fraction of sp³-hybridized carbons (Fsp3) is 0.667. The second-order valence-corrected chi connectivity index (χ2v) is 8.84. The number of ketones is 1. The minimum absolute atomic E-state index is 0.0544. The summed E-state index contributed by atoms with van der Waals surface area (Å²) < 4.78 is 28.6. The molecule has 1 aromatic rings. The minimum atomic E-state index is -1.39. The molecule has 0 amide bonds. The predicted molar refractivity (Wildman–Crippen MR) is 93.6 cm³/mol. The summed E-state index contributed by atoms with van der Waals surface area (Å²) in [4.78, 5) is 15.2. The molecule has 5 aliphatic rings. The van der Waals surface area contributed by atoms with Crippen molar-refractivity contribution in [2.45, 2.75) is 61.8 Å². The molecule has 1 saturated heterocycles. The first kappa shape index (κ1) is 15.4. The first-order valence-electron chi connectivity index (χ1n) is 9.91. The Hall–Kier alpha value is -1.62. The van der Waals surface area contributed by atoms with Crippen LogP contribution < -0.4 is 9.47 Å².